The number of halogens is 6. The van der Waals surface area contributed by atoms with Gasteiger partial charge in [0.15, 0.2) is 0 Å². The van der Waals surface area contributed by atoms with Crippen molar-refractivity contribution in [2.45, 2.75) is 25.4 Å². The molecule has 20 heavy (non-hydrogen) atoms. The van der Waals surface area contributed by atoms with Gasteiger partial charge in [-0.25, -0.2) is 0 Å². The van der Waals surface area contributed by atoms with Crippen LogP contribution in [0, 0.1) is 12.3 Å². The summed E-state index contributed by atoms with van der Waals surface area (Å²) in [5.41, 5.74) is 5.62. The van der Waals surface area contributed by atoms with E-state index in [9.17, 15) is 26.3 Å². The fraction of sp³-hybridized carbons (Fsp3) is 0.364. The molecule has 9 heteroatoms. The van der Waals surface area contributed by atoms with Crippen molar-refractivity contribution >= 4 is 5.84 Å². The monoisotopic (exact) mass is 300 g/mol. The first kappa shape index (κ1) is 16.1. The summed E-state index contributed by atoms with van der Waals surface area (Å²) < 4.78 is 77.9. The third-order valence-electron chi connectivity index (χ3n) is 2.34. The molecule has 0 aliphatic heterocycles. The topological polar surface area (TPSA) is 59.1 Å². The van der Waals surface area contributed by atoms with Crippen LogP contribution in [-0.4, -0.2) is 24.3 Å². The first-order valence-electron chi connectivity index (χ1n) is 5.18. The van der Waals surface area contributed by atoms with Gasteiger partial charge in [-0.15, -0.1) is 0 Å². The van der Waals surface area contributed by atoms with Crippen molar-refractivity contribution < 1.29 is 31.1 Å². The summed E-state index contributed by atoms with van der Waals surface area (Å²) in [6, 6.07) is 2.98. The molecule has 0 aromatic heterocycles. The fourth-order valence-electron chi connectivity index (χ4n) is 1.47. The molecule has 0 heterocycles. The molecule has 3 N–H and O–H groups in total. The highest BCUT2D eigenvalue weighted by Crippen LogP contribution is 2.36. The zero-order chi connectivity index (χ0) is 15.7. The molecule has 3 nitrogen and oxygen atoms in total. The number of alkyl halides is 6. The Morgan fingerprint density at radius 2 is 1.65 bits per heavy atom. The molecule has 1 aromatic rings. The van der Waals surface area contributed by atoms with E-state index in [4.69, 9.17) is 11.1 Å². The van der Waals surface area contributed by atoms with Crippen molar-refractivity contribution in [1.82, 2.24) is 0 Å². The van der Waals surface area contributed by atoms with E-state index in [1.54, 1.807) is 0 Å². The van der Waals surface area contributed by atoms with E-state index in [-0.39, 0.29) is 17.0 Å². The molecule has 0 aliphatic rings. The van der Waals surface area contributed by atoms with Crippen molar-refractivity contribution in [2.75, 3.05) is 0 Å². The number of rotatable bonds is 3. The SMILES string of the molecule is Cc1cc(OC(C(F)(F)F)C(F)(F)F)ccc1C(=N)N. The predicted octanol–water partition coefficient (Wildman–Crippen LogP) is 3.15. The number of amidine groups is 1. The quantitative estimate of drug-likeness (QED) is 0.512. The number of hydrogen-bond donors (Lipinski definition) is 2. The van der Waals surface area contributed by atoms with Crippen molar-refractivity contribution in [3.63, 3.8) is 0 Å². The number of benzene rings is 1. The molecule has 0 amide bonds. The van der Waals surface area contributed by atoms with Gasteiger partial charge in [0.25, 0.3) is 6.10 Å². The van der Waals surface area contributed by atoms with E-state index in [2.05, 4.69) is 4.74 Å². The highest BCUT2D eigenvalue weighted by Gasteiger charge is 2.59. The molecular weight excluding hydrogens is 290 g/mol. The number of nitrogens with two attached hydrogens (primary N) is 1. The van der Waals surface area contributed by atoms with Gasteiger partial charge in [0.1, 0.15) is 11.6 Å². The van der Waals surface area contributed by atoms with Crippen LogP contribution in [0.25, 0.3) is 0 Å². The van der Waals surface area contributed by atoms with Crippen LogP contribution in [0.1, 0.15) is 11.1 Å². The first-order chi connectivity index (χ1) is 8.93. The number of aryl methyl sites for hydroxylation is 1. The third kappa shape index (κ3) is 3.78. The molecule has 112 valence electrons. The smallest absolute Gasteiger partial charge is 0.434 e. The second-order valence-corrected chi connectivity index (χ2v) is 3.97. The van der Waals surface area contributed by atoms with Gasteiger partial charge in [0, 0.05) is 5.56 Å². The zero-order valence-corrected chi connectivity index (χ0v) is 10.1. The number of nitrogens with one attached hydrogen (secondary N) is 1. The summed E-state index contributed by atoms with van der Waals surface area (Å²) in [5.74, 6) is -0.954. The van der Waals surface area contributed by atoms with Crippen molar-refractivity contribution in [3.8, 4) is 5.75 Å². The van der Waals surface area contributed by atoms with Crippen molar-refractivity contribution in [3.05, 3.63) is 29.3 Å². The maximum absolute atomic E-state index is 12.3. The van der Waals surface area contributed by atoms with E-state index < -0.39 is 24.2 Å². The van der Waals surface area contributed by atoms with Gasteiger partial charge in [0.05, 0.1) is 0 Å². The lowest BCUT2D eigenvalue weighted by atomic mass is 10.1. The summed E-state index contributed by atoms with van der Waals surface area (Å²) in [5, 5.41) is 7.16. The minimum atomic E-state index is -5.58. The van der Waals surface area contributed by atoms with Gasteiger partial charge >= 0.3 is 12.4 Å². The highest BCUT2D eigenvalue weighted by molar-refractivity contribution is 5.96. The van der Waals surface area contributed by atoms with Crippen molar-refractivity contribution in [2.24, 2.45) is 5.73 Å². The average molecular weight is 300 g/mol. The lowest BCUT2D eigenvalue weighted by Crippen LogP contribution is -2.46. The zero-order valence-electron chi connectivity index (χ0n) is 10.1. The normalized spacial score (nSPS) is 12.6. The van der Waals surface area contributed by atoms with E-state index in [1.807, 2.05) is 0 Å². The van der Waals surface area contributed by atoms with Crippen LogP contribution in [0.5, 0.6) is 5.75 Å². The molecular formula is C11H10F6N2O. The van der Waals surface area contributed by atoms with Crippen LogP contribution in [0.3, 0.4) is 0 Å². The van der Waals surface area contributed by atoms with Crippen LogP contribution in [0.4, 0.5) is 26.3 Å². The molecule has 1 rings (SSSR count). The van der Waals surface area contributed by atoms with Gasteiger partial charge in [-0.3, -0.25) is 5.41 Å². The van der Waals surface area contributed by atoms with Gasteiger partial charge in [-0.05, 0) is 30.7 Å². The van der Waals surface area contributed by atoms with Gasteiger partial charge in [0.2, 0.25) is 0 Å². The number of hydrogen-bond acceptors (Lipinski definition) is 2. The van der Waals surface area contributed by atoms with E-state index >= 15 is 0 Å². The summed E-state index contributed by atoms with van der Waals surface area (Å²) in [6.07, 6.45) is -15.1. The standard InChI is InChI=1S/C11H10F6N2O/c1-5-4-6(2-3-7(5)8(18)19)20-9(10(12,13)14)11(15,16)17/h2-4,9H,1H3,(H3,18,19). The van der Waals surface area contributed by atoms with Crippen LogP contribution in [0.15, 0.2) is 18.2 Å². The predicted molar refractivity (Wildman–Crippen MR) is 58.7 cm³/mol. The van der Waals surface area contributed by atoms with Gasteiger partial charge in [-0.1, -0.05) is 0 Å². The molecule has 0 saturated heterocycles. The highest BCUT2D eigenvalue weighted by atomic mass is 19.4. The maximum Gasteiger partial charge on any atom is 0.434 e. The Bertz CT molecular complexity index is 495. The molecule has 1 aromatic carbocycles. The minimum absolute atomic E-state index is 0.202. The number of nitrogen functional groups attached to an aromatic ring is 1. The summed E-state index contributed by atoms with van der Waals surface area (Å²) in [4.78, 5) is 0. The Hall–Kier alpha value is -1.93. The Morgan fingerprint density at radius 3 is 2.00 bits per heavy atom. The summed E-state index contributed by atoms with van der Waals surface area (Å²) in [7, 11) is 0. The van der Waals surface area contributed by atoms with Crippen LogP contribution in [-0.2, 0) is 0 Å². The van der Waals surface area contributed by atoms with Crippen LogP contribution >= 0.6 is 0 Å². The molecule has 0 bridgehead atoms. The third-order valence-corrected chi connectivity index (χ3v) is 2.34. The lowest BCUT2D eigenvalue weighted by Gasteiger charge is -2.24. The largest absolute Gasteiger partial charge is 0.471 e. The molecule has 0 saturated carbocycles. The van der Waals surface area contributed by atoms with Crippen molar-refractivity contribution in [1.29, 1.82) is 5.41 Å². The van der Waals surface area contributed by atoms with E-state index in [1.165, 1.54) is 6.92 Å². The lowest BCUT2D eigenvalue weighted by molar-refractivity contribution is -0.299. The Kier molecular flexibility index (Phi) is 4.21. The summed E-state index contributed by atoms with van der Waals surface area (Å²) in [6.45, 7) is 1.39. The summed E-state index contributed by atoms with van der Waals surface area (Å²) >= 11 is 0. The van der Waals surface area contributed by atoms with Crippen LogP contribution < -0.4 is 10.5 Å². The van der Waals surface area contributed by atoms with Gasteiger partial charge < -0.3 is 10.5 Å². The van der Waals surface area contributed by atoms with E-state index in [0.29, 0.717) is 0 Å². The Labute approximate surface area is 109 Å². The Morgan fingerprint density at radius 1 is 1.15 bits per heavy atom. The molecule has 0 fully saturated rings. The number of ether oxygens (including phenoxy) is 1. The molecule has 0 unspecified atom stereocenters. The van der Waals surface area contributed by atoms with E-state index in [0.717, 1.165) is 18.2 Å². The fourth-order valence-corrected chi connectivity index (χ4v) is 1.47. The Balaban J connectivity index is 3.08. The maximum atomic E-state index is 12.3. The van der Waals surface area contributed by atoms with Crippen LogP contribution in [0.2, 0.25) is 0 Å². The minimum Gasteiger partial charge on any atom is -0.471 e. The second kappa shape index (κ2) is 5.22. The average Bonchev–Trinajstić information content (AvgIpc) is 2.22. The van der Waals surface area contributed by atoms with Gasteiger partial charge in [-0.2, -0.15) is 26.3 Å². The molecule has 0 atom stereocenters. The molecule has 0 aliphatic carbocycles. The molecule has 0 radical (unpaired) electrons. The molecule has 0 spiro atoms. The second-order valence-electron chi connectivity index (χ2n) is 3.97. The first-order valence-corrected chi connectivity index (χ1v) is 5.18.